The number of aromatic hydroxyl groups is 1. The molecule has 0 radical (unpaired) electrons. The number of hydrogen-bond acceptors (Lipinski definition) is 2. The first-order valence-electron chi connectivity index (χ1n) is 5.39. The number of phenolic OH excluding ortho intramolecular Hbond substituents is 1. The van der Waals surface area contributed by atoms with Crippen molar-refractivity contribution in [3.63, 3.8) is 0 Å². The van der Waals surface area contributed by atoms with Crippen molar-refractivity contribution in [2.75, 3.05) is 6.61 Å². The lowest BCUT2D eigenvalue weighted by atomic mass is 10.0. The molecule has 16 heavy (non-hydrogen) atoms. The van der Waals surface area contributed by atoms with Crippen molar-refractivity contribution in [3.8, 4) is 22.6 Å². The molecule has 0 bridgehead atoms. The van der Waals surface area contributed by atoms with E-state index in [9.17, 15) is 5.11 Å². The summed E-state index contributed by atoms with van der Waals surface area (Å²) in [6, 6.07) is 13.4. The Hall–Kier alpha value is -1.96. The van der Waals surface area contributed by atoms with Gasteiger partial charge in [-0.3, -0.25) is 0 Å². The van der Waals surface area contributed by atoms with Gasteiger partial charge in [0.15, 0.2) is 0 Å². The van der Waals surface area contributed by atoms with Gasteiger partial charge < -0.3 is 9.84 Å². The molecular weight excluding hydrogens is 200 g/mol. The molecule has 2 aromatic rings. The van der Waals surface area contributed by atoms with Crippen LogP contribution in [0.5, 0.6) is 11.5 Å². The standard InChI is InChI=1S/C14H12O2/c15-12-5-1-4-11(9-12)13-6-2-3-10-7-8-16-14(10)13/h1-6,9,15H,7-8H2. The van der Waals surface area contributed by atoms with Crippen molar-refractivity contribution in [3.05, 3.63) is 48.0 Å². The van der Waals surface area contributed by atoms with E-state index >= 15 is 0 Å². The fourth-order valence-corrected chi connectivity index (χ4v) is 2.12. The number of benzene rings is 2. The highest BCUT2D eigenvalue weighted by Crippen LogP contribution is 2.37. The van der Waals surface area contributed by atoms with E-state index in [0.717, 1.165) is 29.9 Å². The zero-order chi connectivity index (χ0) is 11.0. The Labute approximate surface area is 94.1 Å². The van der Waals surface area contributed by atoms with E-state index in [1.165, 1.54) is 5.56 Å². The van der Waals surface area contributed by atoms with Crippen LogP contribution in [0, 0.1) is 0 Å². The molecule has 0 saturated heterocycles. The molecule has 2 heteroatoms. The lowest BCUT2D eigenvalue weighted by Gasteiger charge is -2.08. The molecule has 1 N–H and O–H groups in total. The van der Waals surface area contributed by atoms with E-state index in [1.807, 2.05) is 24.3 Å². The minimum atomic E-state index is 0.285. The number of ether oxygens (including phenoxy) is 1. The monoisotopic (exact) mass is 212 g/mol. The Balaban J connectivity index is 2.17. The number of hydrogen-bond donors (Lipinski definition) is 1. The largest absolute Gasteiger partial charge is 0.508 e. The fraction of sp³-hybridized carbons (Fsp3) is 0.143. The van der Waals surface area contributed by atoms with Crippen LogP contribution in [0.4, 0.5) is 0 Å². The van der Waals surface area contributed by atoms with Gasteiger partial charge in [0, 0.05) is 12.0 Å². The zero-order valence-corrected chi connectivity index (χ0v) is 8.81. The molecule has 2 nitrogen and oxygen atoms in total. The molecule has 3 rings (SSSR count). The van der Waals surface area contributed by atoms with Crippen LogP contribution >= 0.6 is 0 Å². The van der Waals surface area contributed by atoms with Gasteiger partial charge in [-0.1, -0.05) is 30.3 Å². The Bertz CT molecular complexity index is 532. The molecule has 0 fully saturated rings. The second-order valence-electron chi connectivity index (χ2n) is 3.94. The molecule has 0 atom stereocenters. The number of phenols is 1. The van der Waals surface area contributed by atoms with Gasteiger partial charge in [-0.05, 0) is 23.3 Å². The van der Waals surface area contributed by atoms with E-state index in [2.05, 4.69) is 6.07 Å². The Kier molecular flexibility index (Phi) is 2.07. The number of para-hydroxylation sites is 1. The van der Waals surface area contributed by atoms with E-state index in [4.69, 9.17) is 4.74 Å². The molecule has 0 unspecified atom stereocenters. The van der Waals surface area contributed by atoms with Crippen LogP contribution < -0.4 is 4.74 Å². The minimum absolute atomic E-state index is 0.285. The summed E-state index contributed by atoms with van der Waals surface area (Å²) in [4.78, 5) is 0. The Morgan fingerprint density at radius 3 is 2.81 bits per heavy atom. The summed E-state index contributed by atoms with van der Waals surface area (Å²) < 4.78 is 5.64. The van der Waals surface area contributed by atoms with Gasteiger partial charge in [0.2, 0.25) is 0 Å². The summed E-state index contributed by atoms with van der Waals surface area (Å²) in [5.41, 5.74) is 3.31. The Morgan fingerprint density at radius 1 is 1.06 bits per heavy atom. The summed E-state index contributed by atoms with van der Waals surface area (Å²) in [6.45, 7) is 0.755. The van der Waals surface area contributed by atoms with Crippen molar-refractivity contribution in [2.45, 2.75) is 6.42 Å². The van der Waals surface area contributed by atoms with Gasteiger partial charge in [-0.15, -0.1) is 0 Å². The van der Waals surface area contributed by atoms with Crippen molar-refractivity contribution in [1.82, 2.24) is 0 Å². The molecule has 2 aromatic carbocycles. The van der Waals surface area contributed by atoms with Crippen molar-refractivity contribution in [2.24, 2.45) is 0 Å². The highest BCUT2D eigenvalue weighted by Gasteiger charge is 2.16. The summed E-state index contributed by atoms with van der Waals surface area (Å²) in [5, 5.41) is 9.48. The molecule has 0 aromatic heterocycles. The van der Waals surface area contributed by atoms with E-state index in [1.54, 1.807) is 12.1 Å². The van der Waals surface area contributed by atoms with Crippen LogP contribution in [0.25, 0.3) is 11.1 Å². The normalized spacial score (nSPS) is 13.2. The topological polar surface area (TPSA) is 29.5 Å². The maximum Gasteiger partial charge on any atom is 0.130 e. The molecule has 0 saturated carbocycles. The molecule has 1 aliphatic heterocycles. The lowest BCUT2D eigenvalue weighted by molar-refractivity contribution is 0.358. The molecule has 80 valence electrons. The third kappa shape index (κ3) is 1.43. The van der Waals surface area contributed by atoms with Gasteiger partial charge in [0.1, 0.15) is 11.5 Å². The van der Waals surface area contributed by atoms with Gasteiger partial charge in [-0.25, -0.2) is 0 Å². The first-order valence-corrected chi connectivity index (χ1v) is 5.39. The van der Waals surface area contributed by atoms with Gasteiger partial charge in [-0.2, -0.15) is 0 Å². The molecule has 0 spiro atoms. The van der Waals surface area contributed by atoms with E-state index in [-0.39, 0.29) is 5.75 Å². The van der Waals surface area contributed by atoms with Crippen LogP contribution in [0.1, 0.15) is 5.56 Å². The van der Waals surface area contributed by atoms with Crippen LogP contribution in [0.3, 0.4) is 0 Å². The number of fused-ring (bicyclic) bond motifs is 1. The summed E-state index contributed by atoms with van der Waals surface area (Å²) in [7, 11) is 0. The molecular formula is C14H12O2. The minimum Gasteiger partial charge on any atom is -0.508 e. The number of rotatable bonds is 1. The van der Waals surface area contributed by atoms with E-state index < -0.39 is 0 Å². The first kappa shape index (κ1) is 9.28. The van der Waals surface area contributed by atoms with E-state index in [0.29, 0.717) is 0 Å². The highest BCUT2D eigenvalue weighted by atomic mass is 16.5. The zero-order valence-electron chi connectivity index (χ0n) is 8.81. The van der Waals surface area contributed by atoms with Crippen LogP contribution in [0.15, 0.2) is 42.5 Å². The molecule has 1 aliphatic rings. The van der Waals surface area contributed by atoms with Crippen molar-refractivity contribution in [1.29, 1.82) is 0 Å². The third-order valence-corrected chi connectivity index (χ3v) is 2.87. The Morgan fingerprint density at radius 2 is 1.94 bits per heavy atom. The summed E-state index contributed by atoms with van der Waals surface area (Å²) >= 11 is 0. The quantitative estimate of drug-likeness (QED) is 0.787. The predicted molar refractivity (Wildman–Crippen MR) is 62.7 cm³/mol. The third-order valence-electron chi connectivity index (χ3n) is 2.87. The van der Waals surface area contributed by atoms with Crippen molar-refractivity contribution >= 4 is 0 Å². The first-order chi connectivity index (χ1) is 7.84. The average molecular weight is 212 g/mol. The lowest BCUT2D eigenvalue weighted by Crippen LogP contribution is -1.88. The van der Waals surface area contributed by atoms with Crippen LogP contribution in [-0.4, -0.2) is 11.7 Å². The van der Waals surface area contributed by atoms with Gasteiger partial charge in [0.05, 0.1) is 6.61 Å². The van der Waals surface area contributed by atoms with Gasteiger partial charge >= 0.3 is 0 Å². The van der Waals surface area contributed by atoms with Crippen LogP contribution in [0.2, 0.25) is 0 Å². The fourth-order valence-electron chi connectivity index (χ4n) is 2.12. The molecule has 0 aliphatic carbocycles. The predicted octanol–water partition coefficient (Wildman–Crippen LogP) is 2.99. The SMILES string of the molecule is Oc1cccc(-c2cccc3c2OCC3)c1. The maximum atomic E-state index is 9.48. The average Bonchev–Trinajstić information content (AvgIpc) is 2.76. The van der Waals surface area contributed by atoms with Crippen LogP contribution in [-0.2, 0) is 6.42 Å². The highest BCUT2D eigenvalue weighted by molar-refractivity contribution is 5.73. The summed E-state index contributed by atoms with van der Waals surface area (Å²) in [6.07, 6.45) is 0.974. The van der Waals surface area contributed by atoms with Crippen molar-refractivity contribution < 1.29 is 9.84 Å². The van der Waals surface area contributed by atoms with Gasteiger partial charge in [0.25, 0.3) is 0 Å². The second kappa shape index (κ2) is 3.56. The maximum absolute atomic E-state index is 9.48. The second-order valence-corrected chi connectivity index (χ2v) is 3.94. The molecule has 0 amide bonds. The summed E-state index contributed by atoms with van der Waals surface area (Å²) in [5.74, 6) is 1.25. The smallest absolute Gasteiger partial charge is 0.130 e. The molecule has 1 heterocycles.